The van der Waals surface area contributed by atoms with E-state index >= 15 is 0 Å². The molecule has 0 aliphatic rings. The molecule has 0 aliphatic carbocycles. The minimum absolute atomic E-state index is 0.00292. The number of aromatic nitrogens is 2. The Morgan fingerprint density at radius 1 is 1.40 bits per heavy atom. The monoisotopic (exact) mass is 273 g/mol. The maximum absolute atomic E-state index is 12.0. The van der Waals surface area contributed by atoms with Gasteiger partial charge in [-0.05, 0) is 39.3 Å². The van der Waals surface area contributed by atoms with Gasteiger partial charge in [-0.15, -0.1) is 0 Å². The van der Waals surface area contributed by atoms with E-state index in [-0.39, 0.29) is 11.9 Å². The first-order valence-corrected chi connectivity index (χ1v) is 6.70. The summed E-state index contributed by atoms with van der Waals surface area (Å²) in [4.78, 5) is 16.2. The molecule has 5 nitrogen and oxygen atoms in total. The summed E-state index contributed by atoms with van der Waals surface area (Å²) in [5, 5.41) is 6.83. The van der Waals surface area contributed by atoms with Gasteiger partial charge in [0, 0.05) is 18.2 Å². The molecular formula is C15H19N3O2. The Balaban J connectivity index is 1.87. The second-order valence-corrected chi connectivity index (χ2v) is 4.85. The molecule has 0 spiro atoms. The van der Waals surface area contributed by atoms with Crippen molar-refractivity contribution in [1.29, 1.82) is 0 Å². The number of amides is 1. The number of pyridine rings is 1. The number of aryl methyl sites for hydroxylation is 2. The summed E-state index contributed by atoms with van der Waals surface area (Å²) in [5.41, 5.74) is 2.73. The lowest BCUT2D eigenvalue weighted by Crippen LogP contribution is -2.27. The number of nitrogens with one attached hydrogen (secondary N) is 1. The highest BCUT2D eigenvalue weighted by Crippen LogP contribution is 2.15. The van der Waals surface area contributed by atoms with Crippen molar-refractivity contribution in [3.8, 4) is 0 Å². The van der Waals surface area contributed by atoms with Crippen LogP contribution in [0.25, 0.3) is 0 Å². The smallest absolute Gasteiger partial charge is 0.220 e. The molecule has 5 heteroatoms. The number of carbonyl (C=O) groups is 1. The van der Waals surface area contributed by atoms with Gasteiger partial charge in [0.05, 0.1) is 17.4 Å². The zero-order valence-electron chi connectivity index (χ0n) is 12.0. The third-order valence-electron chi connectivity index (χ3n) is 3.29. The van der Waals surface area contributed by atoms with Gasteiger partial charge in [-0.3, -0.25) is 9.78 Å². The van der Waals surface area contributed by atoms with Crippen molar-refractivity contribution in [1.82, 2.24) is 15.5 Å². The molecule has 0 saturated heterocycles. The zero-order valence-corrected chi connectivity index (χ0v) is 12.0. The van der Waals surface area contributed by atoms with E-state index < -0.39 is 0 Å². The summed E-state index contributed by atoms with van der Waals surface area (Å²) in [6.45, 7) is 5.68. The van der Waals surface area contributed by atoms with Crippen molar-refractivity contribution in [3.63, 3.8) is 0 Å². The highest BCUT2D eigenvalue weighted by atomic mass is 16.5. The first kappa shape index (κ1) is 14.2. The van der Waals surface area contributed by atoms with Crippen molar-refractivity contribution in [2.75, 3.05) is 0 Å². The molecule has 2 aromatic rings. The lowest BCUT2D eigenvalue weighted by molar-refractivity contribution is -0.121. The van der Waals surface area contributed by atoms with E-state index in [4.69, 9.17) is 4.52 Å². The lowest BCUT2D eigenvalue weighted by atomic mass is 10.1. The highest BCUT2D eigenvalue weighted by molar-refractivity contribution is 5.76. The fraction of sp³-hybridized carbons (Fsp3) is 0.400. The summed E-state index contributed by atoms with van der Waals surface area (Å²) >= 11 is 0. The van der Waals surface area contributed by atoms with Crippen molar-refractivity contribution in [2.45, 2.75) is 39.7 Å². The molecule has 0 saturated carbocycles. The van der Waals surface area contributed by atoms with Gasteiger partial charge in [-0.1, -0.05) is 11.2 Å². The molecule has 1 unspecified atom stereocenters. The Labute approximate surface area is 118 Å². The van der Waals surface area contributed by atoms with Crippen LogP contribution in [0, 0.1) is 13.8 Å². The number of hydrogen-bond acceptors (Lipinski definition) is 4. The number of hydrogen-bond donors (Lipinski definition) is 1. The maximum Gasteiger partial charge on any atom is 0.220 e. The van der Waals surface area contributed by atoms with E-state index in [1.54, 1.807) is 6.20 Å². The van der Waals surface area contributed by atoms with Crippen LogP contribution in [-0.4, -0.2) is 16.0 Å². The van der Waals surface area contributed by atoms with E-state index in [1.807, 2.05) is 39.0 Å². The van der Waals surface area contributed by atoms with E-state index in [0.29, 0.717) is 12.8 Å². The van der Waals surface area contributed by atoms with Gasteiger partial charge in [-0.2, -0.15) is 0 Å². The summed E-state index contributed by atoms with van der Waals surface area (Å²) in [5.74, 6) is 0.788. The molecule has 2 rings (SSSR count). The molecule has 0 aliphatic heterocycles. The molecule has 106 valence electrons. The van der Waals surface area contributed by atoms with Crippen LogP contribution in [0.1, 0.15) is 42.1 Å². The van der Waals surface area contributed by atoms with Gasteiger partial charge in [0.1, 0.15) is 5.76 Å². The Morgan fingerprint density at radius 3 is 2.80 bits per heavy atom. The largest absolute Gasteiger partial charge is 0.361 e. The molecule has 0 fully saturated rings. The van der Waals surface area contributed by atoms with Crippen molar-refractivity contribution < 1.29 is 9.32 Å². The van der Waals surface area contributed by atoms with E-state index in [0.717, 1.165) is 22.7 Å². The number of nitrogens with zero attached hydrogens (tertiary/aromatic N) is 2. The Morgan fingerprint density at radius 2 is 2.20 bits per heavy atom. The van der Waals surface area contributed by atoms with Gasteiger partial charge in [0.15, 0.2) is 0 Å². The van der Waals surface area contributed by atoms with Crippen molar-refractivity contribution in [2.24, 2.45) is 0 Å². The van der Waals surface area contributed by atoms with E-state index in [1.165, 1.54) is 0 Å². The van der Waals surface area contributed by atoms with Crippen LogP contribution in [-0.2, 0) is 11.2 Å². The second kappa shape index (κ2) is 6.32. The summed E-state index contributed by atoms with van der Waals surface area (Å²) in [7, 11) is 0. The Hall–Kier alpha value is -2.17. The predicted molar refractivity (Wildman–Crippen MR) is 75.1 cm³/mol. The minimum atomic E-state index is -0.0895. The molecule has 0 radical (unpaired) electrons. The molecule has 1 N–H and O–H groups in total. The predicted octanol–water partition coefficient (Wildman–Crippen LogP) is 2.50. The fourth-order valence-electron chi connectivity index (χ4n) is 2.12. The van der Waals surface area contributed by atoms with Crippen LogP contribution in [0.5, 0.6) is 0 Å². The Kier molecular flexibility index (Phi) is 4.50. The molecule has 1 amide bonds. The van der Waals surface area contributed by atoms with Gasteiger partial charge in [0.2, 0.25) is 5.91 Å². The third kappa shape index (κ3) is 3.44. The molecule has 0 aromatic carbocycles. The van der Waals surface area contributed by atoms with Crippen LogP contribution in [0.3, 0.4) is 0 Å². The maximum atomic E-state index is 12.0. The van der Waals surface area contributed by atoms with Crippen LogP contribution < -0.4 is 5.32 Å². The van der Waals surface area contributed by atoms with Crippen molar-refractivity contribution >= 4 is 5.91 Å². The van der Waals surface area contributed by atoms with E-state index in [9.17, 15) is 4.79 Å². The SMILES string of the molecule is Cc1noc(C)c1CCC(=O)NC(C)c1ccccn1. The number of rotatable bonds is 5. The molecule has 2 aromatic heterocycles. The minimum Gasteiger partial charge on any atom is -0.361 e. The average molecular weight is 273 g/mol. The van der Waals surface area contributed by atoms with Crippen LogP contribution >= 0.6 is 0 Å². The highest BCUT2D eigenvalue weighted by Gasteiger charge is 2.13. The Bertz CT molecular complexity index is 559. The average Bonchev–Trinajstić information content (AvgIpc) is 2.77. The van der Waals surface area contributed by atoms with Gasteiger partial charge >= 0.3 is 0 Å². The molecule has 1 atom stereocenters. The fourth-order valence-corrected chi connectivity index (χ4v) is 2.12. The summed E-state index contributed by atoms with van der Waals surface area (Å²) in [6, 6.07) is 5.58. The van der Waals surface area contributed by atoms with Gasteiger partial charge < -0.3 is 9.84 Å². The number of carbonyl (C=O) groups excluding carboxylic acids is 1. The zero-order chi connectivity index (χ0) is 14.5. The molecular weight excluding hydrogens is 254 g/mol. The second-order valence-electron chi connectivity index (χ2n) is 4.85. The van der Waals surface area contributed by atoms with Crippen LogP contribution in [0.15, 0.2) is 28.9 Å². The molecule has 2 heterocycles. The van der Waals surface area contributed by atoms with Crippen LogP contribution in [0.2, 0.25) is 0 Å². The van der Waals surface area contributed by atoms with Gasteiger partial charge in [-0.25, -0.2) is 0 Å². The normalized spacial score (nSPS) is 12.2. The standard InChI is InChI=1S/C15H19N3O2/c1-10-13(12(3)20-18-10)7-8-15(19)17-11(2)14-6-4-5-9-16-14/h4-6,9,11H,7-8H2,1-3H3,(H,17,19). The lowest BCUT2D eigenvalue weighted by Gasteiger charge is -2.13. The third-order valence-corrected chi connectivity index (χ3v) is 3.29. The summed E-state index contributed by atoms with van der Waals surface area (Å²) in [6.07, 6.45) is 2.78. The topological polar surface area (TPSA) is 68.0 Å². The molecule has 20 heavy (non-hydrogen) atoms. The summed E-state index contributed by atoms with van der Waals surface area (Å²) < 4.78 is 5.09. The molecule has 0 bridgehead atoms. The van der Waals surface area contributed by atoms with Gasteiger partial charge in [0.25, 0.3) is 0 Å². The quantitative estimate of drug-likeness (QED) is 0.908. The van der Waals surface area contributed by atoms with Crippen molar-refractivity contribution in [3.05, 3.63) is 47.1 Å². The van der Waals surface area contributed by atoms with E-state index in [2.05, 4.69) is 15.5 Å². The first-order chi connectivity index (χ1) is 9.58. The first-order valence-electron chi connectivity index (χ1n) is 6.70. The van der Waals surface area contributed by atoms with Crippen LogP contribution in [0.4, 0.5) is 0 Å².